The number of amides is 1. The van der Waals surface area contributed by atoms with Crippen molar-refractivity contribution in [2.75, 3.05) is 6.54 Å². The zero-order chi connectivity index (χ0) is 13.7. The van der Waals surface area contributed by atoms with Crippen LogP contribution >= 0.6 is 0 Å². The standard InChI is InChI=1S/C11H12N2O5/c1-2-7-3-4-8(5-9(7)13(17)18)11(16)12-6-10(14)15/h3-5H,2,6H2,1H3,(H,12,16)(H,14,15). The number of carboxylic acid groups (broad SMARTS) is 1. The minimum absolute atomic E-state index is 0.0696. The number of rotatable bonds is 5. The first-order valence-electron chi connectivity index (χ1n) is 5.23. The average molecular weight is 252 g/mol. The van der Waals surface area contributed by atoms with Crippen LogP contribution in [0.5, 0.6) is 0 Å². The molecule has 0 radical (unpaired) electrons. The molecule has 0 saturated heterocycles. The maximum Gasteiger partial charge on any atom is 0.322 e. The third kappa shape index (κ3) is 3.27. The van der Waals surface area contributed by atoms with Crippen molar-refractivity contribution < 1.29 is 19.6 Å². The van der Waals surface area contributed by atoms with E-state index in [4.69, 9.17) is 5.11 Å². The second-order valence-electron chi connectivity index (χ2n) is 3.53. The highest BCUT2D eigenvalue weighted by Gasteiger charge is 2.16. The summed E-state index contributed by atoms with van der Waals surface area (Å²) in [6.45, 7) is 1.24. The Labute approximate surface area is 103 Å². The van der Waals surface area contributed by atoms with E-state index in [1.54, 1.807) is 6.92 Å². The summed E-state index contributed by atoms with van der Waals surface area (Å²) >= 11 is 0. The number of hydrogen-bond acceptors (Lipinski definition) is 4. The Kier molecular flexibility index (Phi) is 4.36. The van der Waals surface area contributed by atoms with Crippen LogP contribution in [0.2, 0.25) is 0 Å². The van der Waals surface area contributed by atoms with Gasteiger partial charge in [0.15, 0.2) is 0 Å². The summed E-state index contributed by atoms with van der Waals surface area (Å²) in [4.78, 5) is 32.1. The first kappa shape index (κ1) is 13.6. The van der Waals surface area contributed by atoms with E-state index in [-0.39, 0.29) is 11.3 Å². The lowest BCUT2D eigenvalue weighted by Gasteiger charge is -2.04. The predicted molar refractivity (Wildman–Crippen MR) is 62.4 cm³/mol. The summed E-state index contributed by atoms with van der Waals surface area (Å²) in [5.74, 6) is -1.83. The number of carboxylic acids is 1. The number of carbonyl (C=O) groups excluding carboxylic acids is 1. The van der Waals surface area contributed by atoms with Gasteiger partial charge in [0.1, 0.15) is 6.54 Å². The van der Waals surface area contributed by atoms with Gasteiger partial charge in [0.25, 0.3) is 11.6 Å². The largest absolute Gasteiger partial charge is 0.480 e. The number of aryl methyl sites for hydroxylation is 1. The van der Waals surface area contributed by atoms with E-state index in [9.17, 15) is 19.7 Å². The maximum atomic E-state index is 11.5. The maximum absolute atomic E-state index is 11.5. The van der Waals surface area contributed by atoms with Crippen molar-refractivity contribution in [2.45, 2.75) is 13.3 Å². The molecule has 0 fully saturated rings. The van der Waals surface area contributed by atoms with Gasteiger partial charge in [-0.1, -0.05) is 13.0 Å². The molecule has 0 bridgehead atoms. The number of hydrogen-bond donors (Lipinski definition) is 2. The SMILES string of the molecule is CCc1ccc(C(=O)NCC(=O)O)cc1[N+](=O)[O-]. The monoisotopic (exact) mass is 252 g/mol. The first-order valence-corrected chi connectivity index (χ1v) is 5.23. The van der Waals surface area contributed by atoms with Gasteiger partial charge in [0.2, 0.25) is 0 Å². The fourth-order valence-electron chi connectivity index (χ4n) is 1.43. The van der Waals surface area contributed by atoms with Crippen LogP contribution in [0.15, 0.2) is 18.2 Å². The summed E-state index contributed by atoms with van der Waals surface area (Å²) < 4.78 is 0. The number of nitro groups is 1. The molecule has 96 valence electrons. The van der Waals surface area contributed by atoms with Crippen LogP contribution in [-0.4, -0.2) is 28.5 Å². The van der Waals surface area contributed by atoms with Crippen LogP contribution in [0.3, 0.4) is 0 Å². The molecule has 0 unspecified atom stereocenters. The van der Waals surface area contributed by atoms with Gasteiger partial charge in [-0.05, 0) is 12.5 Å². The van der Waals surface area contributed by atoms with E-state index in [0.29, 0.717) is 12.0 Å². The Morgan fingerprint density at radius 1 is 1.44 bits per heavy atom. The van der Waals surface area contributed by atoms with Crippen molar-refractivity contribution in [1.29, 1.82) is 0 Å². The third-order valence-corrected chi connectivity index (χ3v) is 2.33. The Morgan fingerprint density at radius 3 is 2.61 bits per heavy atom. The Hall–Kier alpha value is -2.44. The molecule has 18 heavy (non-hydrogen) atoms. The number of carbonyl (C=O) groups is 2. The topological polar surface area (TPSA) is 110 Å². The highest BCUT2D eigenvalue weighted by Crippen LogP contribution is 2.20. The summed E-state index contributed by atoms with van der Waals surface area (Å²) in [6.07, 6.45) is 0.480. The molecule has 0 aliphatic carbocycles. The normalized spacial score (nSPS) is 9.83. The minimum Gasteiger partial charge on any atom is -0.480 e. The Morgan fingerprint density at radius 2 is 2.11 bits per heavy atom. The van der Waals surface area contributed by atoms with E-state index in [1.807, 2.05) is 0 Å². The van der Waals surface area contributed by atoms with Gasteiger partial charge in [-0.15, -0.1) is 0 Å². The summed E-state index contributed by atoms with van der Waals surface area (Å²) in [5.41, 5.74) is 0.454. The van der Waals surface area contributed by atoms with E-state index in [1.165, 1.54) is 12.1 Å². The predicted octanol–water partition coefficient (Wildman–Crippen LogP) is 0.972. The highest BCUT2D eigenvalue weighted by atomic mass is 16.6. The van der Waals surface area contributed by atoms with Crippen LogP contribution in [0.25, 0.3) is 0 Å². The van der Waals surface area contributed by atoms with E-state index >= 15 is 0 Å². The molecule has 1 aromatic carbocycles. The van der Waals surface area contributed by atoms with E-state index in [0.717, 1.165) is 6.07 Å². The first-order chi connectivity index (χ1) is 8.45. The van der Waals surface area contributed by atoms with Crippen molar-refractivity contribution in [3.05, 3.63) is 39.4 Å². The number of aliphatic carboxylic acids is 1. The lowest BCUT2D eigenvalue weighted by Crippen LogP contribution is -2.29. The van der Waals surface area contributed by atoms with Crippen LogP contribution < -0.4 is 5.32 Å². The number of benzene rings is 1. The molecule has 2 N–H and O–H groups in total. The van der Waals surface area contributed by atoms with Gasteiger partial charge >= 0.3 is 5.97 Å². The highest BCUT2D eigenvalue weighted by molar-refractivity contribution is 5.96. The molecule has 0 atom stereocenters. The molecule has 0 spiro atoms. The molecule has 0 aliphatic rings. The lowest BCUT2D eigenvalue weighted by molar-refractivity contribution is -0.385. The smallest absolute Gasteiger partial charge is 0.322 e. The van der Waals surface area contributed by atoms with Crippen molar-refractivity contribution in [3.63, 3.8) is 0 Å². The van der Waals surface area contributed by atoms with Crippen LogP contribution in [0.1, 0.15) is 22.8 Å². The lowest BCUT2D eigenvalue weighted by atomic mass is 10.1. The molecule has 0 saturated carbocycles. The van der Waals surface area contributed by atoms with Crippen molar-refractivity contribution >= 4 is 17.6 Å². The second kappa shape index (κ2) is 5.76. The molecular formula is C11H12N2O5. The average Bonchev–Trinajstić information content (AvgIpc) is 2.34. The van der Waals surface area contributed by atoms with Crippen molar-refractivity contribution in [2.24, 2.45) is 0 Å². The second-order valence-corrected chi connectivity index (χ2v) is 3.53. The molecule has 1 rings (SSSR count). The molecule has 0 aliphatic heterocycles. The van der Waals surface area contributed by atoms with Crippen LogP contribution in [0.4, 0.5) is 5.69 Å². The molecule has 7 heteroatoms. The zero-order valence-corrected chi connectivity index (χ0v) is 9.67. The fourth-order valence-corrected chi connectivity index (χ4v) is 1.43. The van der Waals surface area contributed by atoms with E-state index in [2.05, 4.69) is 5.32 Å². The molecule has 1 aromatic rings. The summed E-state index contributed by atoms with van der Waals surface area (Å²) in [5, 5.41) is 21.4. The van der Waals surface area contributed by atoms with Gasteiger partial charge < -0.3 is 10.4 Å². The van der Waals surface area contributed by atoms with Crippen molar-refractivity contribution in [3.8, 4) is 0 Å². The molecule has 7 nitrogen and oxygen atoms in total. The minimum atomic E-state index is -1.18. The number of nitrogens with zero attached hydrogens (tertiary/aromatic N) is 1. The van der Waals surface area contributed by atoms with Crippen LogP contribution in [0, 0.1) is 10.1 Å². The molecule has 1 amide bonds. The Balaban J connectivity index is 2.97. The molecule has 0 aromatic heterocycles. The quantitative estimate of drug-likeness (QED) is 0.599. The fraction of sp³-hybridized carbons (Fsp3) is 0.273. The molecular weight excluding hydrogens is 240 g/mol. The van der Waals surface area contributed by atoms with Gasteiger partial charge in [-0.2, -0.15) is 0 Å². The Bertz CT molecular complexity index is 498. The van der Waals surface area contributed by atoms with Crippen LogP contribution in [-0.2, 0) is 11.2 Å². The summed E-state index contributed by atoms with van der Waals surface area (Å²) in [6, 6.07) is 4.08. The number of nitro benzene ring substituents is 1. The van der Waals surface area contributed by atoms with Gasteiger partial charge in [0.05, 0.1) is 4.92 Å². The molecule has 0 heterocycles. The zero-order valence-electron chi connectivity index (χ0n) is 9.67. The van der Waals surface area contributed by atoms with Crippen molar-refractivity contribution in [1.82, 2.24) is 5.32 Å². The third-order valence-electron chi connectivity index (χ3n) is 2.33. The van der Waals surface area contributed by atoms with Gasteiger partial charge in [0, 0.05) is 17.2 Å². The van der Waals surface area contributed by atoms with Gasteiger partial charge in [-0.3, -0.25) is 19.7 Å². The summed E-state index contributed by atoms with van der Waals surface area (Å²) in [7, 11) is 0. The van der Waals surface area contributed by atoms with E-state index < -0.39 is 23.3 Å². The van der Waals surface area contributed by atoms with Gasteiger partial charge in [-0.25, -0.2) is 0 Å². The number of nitrogens with one attached hydrogen (secondary N) is 1.